The van der Waals surface area contributed by atoms with E-state index in [2.05, 4.69) is 15.6 Å². The minimum Gasteiger partial charge on any atom is -0.477 e. The number of aromatic nitrogens is 1. The summed E-state index contributed by atoms with van der Waals surface area (Å²) in [6, 6.07) is 5.60. The van der Waals surface area contributed by atoms with Crippen molar-refractivity contribution in [2.24, 2.45) is 0 Å². The Bertz CT molecular complexity index is 671. The van der Waals surface area contributed by atoms with E-state index in [1.165, 1.54) is 24.4 Å². The van der Waals surface area contributed by atoms with Crippen molar-refractivity contribution < 1.29 is 19.1 Å². The molecule has 6 nitrogen and oxygen atoms in total. The highest BCUT2D eigenvalue weighted by molar-refractivity contribution is 6.30. The van der Waals surface area contributed by atoms with Gasteiger partial charge in [-0.2, -0.15) is 0 Å². The summed E-state index contributed by atoms with van der Waals surface area (Å²) in [7, 11) is 0. The van der Waals surface area contributed by atoms with Crippen LogP contribution in [-0.4, -0.2) is 22.1 Å². The molecule has 0 bridgehead atoms. The third-order valence-electron chi connectivity index (χ3n) is 2.36. The van der Waals surface area contributed by atoms with Gasteiger partial charge in [0.2, 0.25) is 0 Å². The third-order valence-corrected chi connectivity index (χ3v) is 2.58. The lowest BCUT2D eigenvalue weighted by molar-refractivity contribution is 0.0690. The number of nitrogens with one attached hydrogen (secondary N) is 2. The highest BCUT2D eigenvalue weighted by atomic mass is 35.5. The predicted molar refractivity (Wildman–Crippen MR) is 75.2 cm³/mol. The molecule has 0 unspecified atom stereocenters. The molecular weight excluding hydrogens is 301 g/mol. The molecule has 0 saturated carbocycles. The van der Waals surface area contributed by atoms with Crippen molar-refractivity contribution in [3.63, 3.8) is 0 Å². The lowest BCUT2D eigenvalue weighted by Gasteiger charge is -2.08. The van der Waals surface area contributed by atoms with Crippen molar-refractivity contribution in [1.29, 1.82) is 0 Å². The molecule has 21 heavy (non-hydrogen) atoms. The van der Waals surface area contributed by atoms with Crippen LogP contribution in [0, 0.1) is 5.82 Å². The molecule has 3 N–H and O–H groups in total. The van der Waals surface area contributed by atoms with Crippen molar-refractivity contribution >= 4 is 35.0 Å². The summed E-state index contributed by atoms with van der Waals surface area (Å²) in [5.41, 5.74) is 0.338. The Morgan fingerprint density at radius 1 is 1.14 bits per heavy atom. The highest BCUT2D eigenvalue weighted by Crippen LogP contribution is 2.18. The van der Waals surface area contributed by atoms with Gasteiger partial charge in [-0.15, -0.1) is 0 Å². The van der Waals surface area contributed by atoms with Crippen LogP contribution in [0.5, 0.6) is 0 Å². The monoisotopic (exact) mass is 309 g/mol. The molecule has 0 spiro atoms. The number of carbonyl (C=O) groups excluding carboxylic acids is 1. The molecule has 2 amide bonds. The highest BCUT2D eigenvalue weighted by Gasteiger charge is 2.07. The zero-order valence-electron chi connectivity index (χ0n) is 10.4. The van der Waals surface area contributed by atoms with E-state index in [0.29, 0.717) is 5.69 Å². The lowest BCUT2D eigenvalue weighted by atomic mass is 10.3. The first kappa shape index (κ1) is 14.7. The first-order valence-electron chi connectivity index (χ1n) is 5.67. The molecular formula is C13H9ClFN3O3. The number of hydrogen-bond acceptors (Lipinski definition) is 3. The zero-order valence-corrected chi connectivity index (χ0v) is 11.2. The van der Waals surface area contributed by atoms with E-state index >= 15 is 0 Å². The number of pyridine rings is 1. The van der Waals surface area contributed by atoms with Gasteiger partial charge in [0.15, 0.2) is 0 Å². The van der Waals surface area contributed by atoms with E-state index in [-0.39, 0.29) is 16.4 Å². The van der Waals surface area contributed by atoms with Gasteiger partial charge in [0.1, 0.15) is 11.5 Å². The van der Waals surface area contributed by atoms with Crippen LogP contribution >= 0.6 is 11.6 Å². The van der Waals surface area contributed by atoms with E-state index in [9.17, 15) is 14.0 Å². The maximum absolute atomic E-state index is 13.1. The van der Waals surface area contributed by atoms with Gasteiger partial charge in [0, 0.05) is 10.7 Å². The number of anilines is 2. The number of carboxylic acids is 1. The average molecular weight is 310 g/mol. The fraction of sp³-hybridized carbons (Fsp3) is 0. The molecule has 0 radical (unpaired) electrons. The number of halogens is 2. The smallest absolute Gasteiger partial charge is 0.354 e. The topological polar surface area (TPSA) is 91.3 Å². The molecule has 8 heteroatoms. The van der Waals surface area contributed by atoms with Gasteiger partial charge in [-0.1, -0.05) is 11.6 Å². The van der Waals surface area contributed by atoms with Crippen molar-refractivity contribution in [2.75, 3.05) is 10.6 Å². The number of rotatable bonds is 3. The summed E-state index contributed by atoms with van der Waals surface area (Å²) >= 11 is 5.66. The van der Waals surface area contributed by atoms with Crippen LogP contribution in [0.15, 0.2) is 36.5 Å². The number of carboxylic acid groups (broad SMARTS) is 1. The molecule has 1 aromatic carbocycles. The van der Waals surface area contributed by atoms with Crippen LogP contribution in [0.25, 0.3) is 0 Å². The van der Waals surface area contributed by atoms with Crippen molar-refractivity contribution in [3.05, 3.63) is 53.1 Å². The van der Waals surface area contributed by atoms with Crippen LogP contribution < -0.4 is 10.6 Å². The second kappa shape index (κ2) is 6.19. The van der Waals surface area contributed by atoms with Crippen LogP contribution in [0.3, 0.4) is 0 Å². The van der Waals surface area contributed by atoms with Crippen LogP contribution in [0.2, 0.25) is 5.02 Å². The van der Waals surface area contributed by atoms with Crippen LogP contribution in [-0.2, 0) is 0 Å². The molecule has 0 atom stereocenters. The largest absolute Gasteiger partial charge is 0.477 e. The summed E-state index contributed by atoms with van der Waals surface area (Å²) in [6.45, 7) is 0. The number of carbonyl (C=O) groups is 2. The SMILES string of the molecule is O=C(Nc1ccc(C(=O)O)nc1)Nc1cc(F)cc(Cl)c1. The molecule has 0 aliphatic heterocycles. The second-order valence-corrected chi connectivity index (χ2v) is 4.41. The molecule has 2 aromatic rings. The van der Waals surface area contributed by atoms with E-state index in [1.807, 2.05) is 0 Å². The first-order valence-corrected chi connectivity index (χ1v) is 6.05. The lowest BCUT2D eigenvalue weighted by Crippen LogP contribution is -2.19. The molecule has 0 saturated heterocycles. The summed E-state index contributed by atoms with van der Waals surface area (Å²) in [5.74, 6) is -1.74. The van der Waals surface area contributed by atoms with Crippen molar-refractivity contribution in [2.45, 2.75) is 0 Å². The van der Waals surface area contributed by atoms with Gasteiger partial charge in [-0.25, -0.2) is 19.0 Å². The Kier molecular flexibility index (Phi) is 4.34. The molecule has 0 fully saturated rings. The standard InChI is InChI=1S/C13H9ClFN3O3/c14-7-3-8(15)5-10(4-7)18-13(21)17-9-1-2-11(12(19)20)16-6-9/h1-6H,(H,19,20)(H2,17,18,21). The third kappa shape index (κ3) is 4.15. The number of hydrogen-bond donors (Lipinski definition) is 3. The van der Waals surface area contributed by atoms with E-state index in [0.717, 1.165) is 12.1 Å². The fourth-order valence-electron chi connectivity index (χ4n) is 1.51. The Balaban J connectivity index is 2.02. The summed E-state index contributed by atoms with van der Waals surface area (Å²) in [4.78, 5) is 26.0. The Morgan fingerprint density at radius 2 is 1.86 bits per heavy atom. The molecule has 0 aliphatic carbocycles. The molecule has 1 aromatic heterocycles. The predicted octanol–water partition coefficient (Wildman–Crippen LogP) is 3.22. The average Bonchev–Trinajstić information content (AvgIpc) is 2.37. The summed E-state index contributed by atoms with van der Waals surface area (Å²) < 4.78 is 13.1. The van der Waals surface area contributed by atoms with E-state index in [4.69, 9.17) is 16.7 Å². The Hall–Kier alpha value is -2.67. The van der Waals surface area contributed by atoms with Crippen LogP contribution in [0.4, 0.5) is 20.6 Å². The van der Waals surface area contributed by atoms with E-state index in [1.54, 1.807) is 0 Å². The Morgan fingerprint density at radius 3 is 2.43 bits per heavy atom. The quantitative estimate of drug-likeness (QED) is 0.812. The van der Waals surface area contributed by atoms with Crippen LogP contribution in [0.1, 0.15) is 10.5 Å². The maximum Gasteiger partial charge on any atom is 0.354 e. The van der Waals surface area contributed by atoms with Crippen molar-refractivity contribution in [1.82, 2.24) is 4.98 Å². The summed E-state index contributed by atoms with van der Waals surface area (Å²) in [5, 5.41) is 13.7. The zero-order chi connectivity index (χ0) is 15.4. The molecule has 2 rings (SSSR count). The minimum atomic E-state index is -1.17. The second-order valence-electron chi connectivity index (χ2n) is 3.97. The number of urea groups is 1. The first-order chi connectivity index (χ1) is 9.94. The fourth-order valence-corrected chi connectivity index (χ4v) is 1.74. The van der Waals surface area contributed by atoms with Crippen molar-refractivity contribution in [3.8, 4) is 0 Å². The maximum atomic E-state index is 13.1. The number of amides is 2. The van der Waals surface area contributed by atoms with Gasteiger partial charge in [-0.05, 0) is 30.3 Å². The normalized spacial score (nSPS) is 10.0. The number of aromatic carboxylic acids is 1. The van der Waals surface area contributed by atoms with E-state index < -0.39 is 17.8 Å². The summed E-state index contributed by atoms with van der Waals surface area (Å²) in [6.07, 6.45) is 1.20. The van der Waals surface area contributed by atoms with Gasteiger partial charge in [0.05, 0.1) is 11.9 Å². The minimum absolute atomic E-state index is 0.141. The molecule has 0 aliphatic rings. The van der Waals surface area contributed by atoms with Gasteiger partial charge in [0.25, 0.3) is 0 Å². The molecule has 1 heterocycles. The Labute approximate surface area is 123 Å². The number of nitrogens with zero attached hydrogens (tertiary/aromatic N) is 1. The molecule has 108 valence electrons. The van der Waals surface area contributed by atoms with Gasteiger partial charge >= 0.3 is 12.0 Å². The van der Waals surface area contributed by atoms with Gasteiger partial charge in [-0.3, -0.25) is 0 Å². The van der Waals surface area contributed by atoms with Gasteiger partial charge < -0.3 is 15.7 Å². The number of benzene rings is 1.